The number of nitrogens with zero attached hydrogens (tertiary/aromatic N) is 4. The first-order valence-corrected chi connectivity index (χ1v) is 9.51. The molecule has 0 aromatic heterocycles. The number of hydrogen-bond acceptors (Lipinski definition) is 8. The number of hydrogen-bond donors (Lipinski definition) is 4. The van der Waals surface area contributed by atoms with Gasteiger partial charge < -0.3 is 21.7 Å². The summed E-state index contributed by atoms with van der Waals surface area (Å²) in [7, 11) is 0. The summed E-state index contributed by atoms with van der Waals surface area (Å²) in [5, 5.41) is 22.8. The minimum Gasteiger partial charge on any atom is -0.365 e. The van der Waals surface area contributed by atoms with Gasteiger partial charge in [0.1, 0.15) is 6.04 Å². The molecule has 14 nitrogen and oxygen atoms in total. The van der Waals surface area contributed by atoms with E-state index in [0.717, 1.165) is 0 Å². The van der Waals surface area contributed by atoms with Gasteiger partial charge >= 0.3 is 0 Å². The van der Waals surface area contributed by atoms with Gasteiger partial charge in [-0.2, -0.15) is 0 Å². The highest BCUT2D eigenvalue weighted by molar-refractivity contribution is 5.98. The highest BCUT2D eigenvalue weighted by Gasteiger charge is 2.36. The van der Waals surface area contributed by atoms with Crippen molar-refractivity contribution in [3.8, 4) is 0 Å². The van der Waals surface area contributed by atoms with Crippen molar-refractivity contribution in [2.45, 2.75) is 37.8 Å². The molecule has 0 aliphatic carbocycles. The molecule has 31 heavy (non-hydrogen) atoms. The Morgan fingerprint density at radius 2 is 1.94 bits per heavy atom. The molecule has 1 saturated heterocycles. The predicted octanol–water partition coefficient (Wildman–Crippen LogP) is -0.272. The Morgan fingerprint density at radius 1 is 1.26 bits per heavy atom. The fourth-order valence-corrected chi connectivity index (χ4v) is 3.17. The molecule has 168 valence electrons. The summed E-state index contributed by atoms with van der Waals surface area (Å²) >= 11 is 0. The lowest BCUT2D eigenvalue weighted by atomic mass is 10.1. The number of nitrogens with two attached hydrogens (primary N) is 2. The van der Waals surface area contributed by atoms with Crippen molar-refractivity contribution in [3.63, 3.8) is 0 Å². The largest absolute Gasteiger partial charge is 0.365 e. The molecule has 1 aliphatic rings. The molecule has 0 spiro atoms. The highest BCUT2D eigenvalue weighted by Crippen LogP contribution is 2.22. The van der Waals surface area contributed by atoms with Gasteiger partial charge in [0.2, 0.25) is 11.8 Å². The highest BCUT2D eigenvalue weighted by atomic mass is 16.7. The van der Waals surface area contributed by atoms with Crippen molar-refractivity contribution in [1.29, 1.82) is 0 Å². The molecule has 0 unspecified atom stereocenters. The first-order valence-electron chi connectivity index (χ1n) is 9.51. The molecule has 2 atom stereocenters. The normalized spacial score (nSPS) is 17.1. The number of hydrazine groups is 1. The number of carbonyl (C=O) groups excluding carboxylic acids is 2. The SMILES string of the molecule is NC(=NCCC[C@H](N)C(=O)N1CCC[C@H]1C(=O)Nc1ccc([N+](=O)[O-])cc1)N[N+](=O)[O-]. The Bertz CT molecular complexity index is 859. The molecule has 2 rings (SSSR count). The van der Waals surface area contributed by atoms with Crippen LogP contribution in [0.1, 0.15) is 25.7 Å². The van der Waals surface area contributed by atoms with Gasteiger partial charge in [-0.05, 0) is 37.8 Å². The zero-order valence-electron chi connectivity index (χ0n) is 16.6. The van der Waals surface area contributed by atoms with Crippen molar-refractivity contribution < 1.29 is 19.5 Å². The topological polar surface area (TPSA) is 212 Å². The van der Waals surface area contributed by atoms with Crippen LogP contribution in [-0.2, 0) is 9.59 Å². The van der Waals surface area contributed by atoms with Crippen molar-refractivity contribution in [2.75, 3.05) is 18.4 Å². The van der Waals surface area contributed by atoms with Crippen LogP contribution in [0.5, 0.6) is 0 Å². The number of benzene rings is 1. The van der Waals surface area contributed by atoms with Crippen LogP contribution in [0.2, 0.25) is 0 Å². The molecule has 0 bridgehead atoms. The van der Waals surface area contributed by atoms with Crippen molar-refractivity contribution in [3.05, 3.63) is 44.5 Å². The summed E-state index contributed by atoms with van der Waals surface area (Å²) in [6.07, 6.45) is 1.76. The minimum atomic E-state index is -0.854. The lowest BCUT2D eigenvalue weighted by Gasteiger charge is -2.26. The van der Waals surface area contributed by atoms with Crippen LogP contribution < -0.4 is 22.2 Å². The molecule has 1 heterocycles. The molecule has 1 fully saturated rings. The number of anilines is 1. The van der Waals surface area contributed by atoms with E-state index in [1.165, 1.54) is 29.2 Å². The molecule has 0 radical (unpaired) electrons. The van der Waals surface area contributed by atoms with Gasteiger partial charge in [-0.25, -0.2) is 15.1 Å². The third-order valence-electron chi connectivity index (χ3n) is 4.66. The van der Waals surface area contributed by atoms with E-state index in [1.807, 2.05) is 0 Å². The summed E-state index contributed by atoms with van der Waals surface area (Å²) in [6, 6.07) is 3.85. The molecular formula is C17H24N8O6. The van der Waals surface area contributed by atoms with Crippen molar-refractivity contribution in [1.82, 2.24) is 10.3 Å². The minimum absolute atomic E-state index is 0.0955. The quantitative estimate of drug-likeness (QED) is 0.132. The van der Waals surface area contributed by atoms with E-state index in [-0.39, 0.29) is 30.5 Å². The zero-order valence-corrected chi connectivity index (χ0v) is 16.6. The maximum atomic E-state index is 12.7. The number of amides is 2. The Balaban J connectivity index is 1.88. The van der Waals surface area contributed by atoms with Crippen LogP contribution in [-0.4, -0.2) is 57.8 Å². The number of nitro benzene ring substituents is 1. The summed E-state index contributed by atoms with van der Waals surface area (Å²) in [6.45, 7) is 0.542. The van der Waals surface area contributed by atoms with Crippen LogP contribution >= 0.6 is 0 Å². The molecule has 14 heteroatoms. The molecule has 1 aromatic carbocycles. The lowest BCUT2D eigenvalue weighted by Crippen LogP contribution is -2.49. The van der Waals surface area contributed by atoms with Crippen LogP contribution in [0.15, 0.2) is 29.3 Å². The van der Waals surface area contributed by atoms with E-state index >= 15 is 0 Å². The van der Waals surface area contributed by atoms with E-state index < -0.39 is 27.9 Å². The van der Waals surface area contributed by atoms with E-state index in [1.54, 1.807) is 5.43 Å². The van der Waals surface area contributed by atoms with E-state index in [2.05, 4.69) is 10.3 Å². The maximum Gasteiger partial charge on any atom is 0.269 e. The van der Waals surface area contributed by atoms with Crippen molar-refractivity contribution >= 4 is 29.1 Å². The summed E-state index contributed by atoms with van der Waals surface area (Å²) < 4.78 is 0. The molecule has 1 aliphatic heterocycles. The van der Waals surface area contributed by atoms with Gasteiger partial charge in [0, 0.05) is 30.9 Å². The first kappa shape index (κ1) is 23.5. The number of non-ortho nitro benzene ring substituents is 1. The lowest BCUT2D eigenvalue weighted by molar-refractivity contribution is -0.525. The standard InChI is InChI=1S/C17H24N8O6/c18-13(3-1-9-20-17(19)22-25(30)31)16(27)23-10-2-4-14(23)15(26)21-11-5-7-12(8-6-11)24(28)29/h5-8,13-14H,1-4,9-10,18H2,(H,21,26)(H3,19,20,22)/t13-,14-/m0/s1. The van der Waals surface area contributed by atoms with Crippen molar-refractivity contribution in [2.24, 2.45) is 16.5 Å². The number of nitrogens with one attached hydrogen (secondary N) is 2. The predicted molar refractivity (Wildman–Crippen MR) is 110 cm³/mol. The smallest absolute Gasteiger partial charge is 0.269 e. The van der Waals surface area contributed by atoms with Gasteiger partial charge in [-0.1, -0.05) is 5.43 Å². The average molecular weight is 436 g/mol. The second kappa shape index (κ2) is 10.8. The summed E-state index contributed by atoms with van der Waals surface area (Å²) in [5.74, 6) is -1.11. The third kappa shape index (κ3) is 6.88. The molecule has 2 amide bonds. The second-order valence-electron chi connectivity index (χ2n) is 6.87. The Morgan fingerprint density at radius 3 is 2.55 bits per heavy atom. The number of guanidine groups is 1. The number of rotatable bonds is 9. The maximum absolute atomic E-state index is 12.7. The van der Waals surface area contributed by atoms with Crippen LogP contribution in [0.25, 0.3) is 0 Å². The molecule has 0 saturated carbocycles. The molecule has 1 aromatic rings. The van der Waals surface area contributed by atoms with Gasteiger partial charge in [-0.3, -0.25) is 19.7 Å². The van der Waals surface area contributed by atoms with Crippen LogP contribution in [0, 0.1) is 20.2 Å². The monoisotopic (exact) mass is 436 g/mol. The number of carbonyl (C=O) groups is 2. The van der Waals surface area contributed by atoms with E-state index in [4.69, 9.17) is 11.5 Å². The van der Waals surface area contributed by atoms with E-state index in [0.29, 0.717) is 31.5 Å². The Kier molecular flexibility index (Phi) is 8.19. The number of aliphatic imine (C=N–C) groups is 1. The second-order valence-corrected chi connectivity index (χ2v) is 6.87. The van der Waals surface area contributed by atoms with Crippen LogP contribution in [0.3, 0.4) is 0 Å². The average Bonchev–Trinajstić information content (AvgIpc) is 3.20. The summed E-state index contributed by atoms with van der Waals surface area (Å²) in [4.78, 5) is 50.9. The summed E-state index contributed by atoms with van der Waals surface area (Å²) in [5.41, 5.74) is 13.3. The van der Waals surface area contributed by atoms with Crippen LogP contribution in [0.4, 0.5) is 11.4 Å². The van der Waals surface area contributed by atoms with Gasteiger partial charge in [0.25, 0.3) is 11.6 Å². The van der Waals surface area contributed by atoms with Gasteiger partial charge in [-0.15, -0.1) is 0 Å². The molecular weight excluding hydrogens is 412 g/mol. The molecule has 6 N–H and O–H groups in total. The number of likely N-dealkylation sites (tertiary alicyclic amines) is 1. The Labute approximate surface area is 176 Å². The fraction of sp³-hybridized carbons (Fsp3) is 0.471. The van der Waals surface area contributed by atoms with Gasteiger partial charge in [0.05, 0.1) is 11.0 Å². The van der Waals surface area contributed by atoms with Gasteiger partial charge in [0.15, 0.2) is 5.03 Å². The van der Waals surface area contributed by atoms with E-state index in [9.17, 15) is 29.8 Å². The number of nitro groups is 2. The first-order chi connectivity index (χ1) is 14.7. The Hall–Kier alpha value is -3.81. The fourth-order valence-electron chi connectivity index (χ4n) is 3.17. The third-order valence-corrected chi connectivity index (χ3v) is 4.66. The zero-order chi connectivity index (χ0) is 23.0.